The van der Waals surface area contributed by atoms with E-state index in [-0.39, 0.29) is 16.1 Å². The third-order valence-electron chi connectivity index (χ3n) is 4.27. The number of anilines is 2. The fourth-order valence-corrected chi connectivity index (χ4v) is 3.97. The molecular weight excluding hydrogens is 431 g/mol. The predicted molar refractivity (Wildman–Crippen MR) is 114 cm³/mol. The van der Waals surface area contributed by atoms with E-state index >= 15 is 0 Å². The molecule has 0 saturated carbocycles. The number of amides is 1. The molecule has 1 amide bonds. The molecule has 9 heteroatoms. The normalized spacial score (nSPS) is 11.1. The molecule has 3 aromatic carbocycles. The minimum Gasteiger partial charge on any atom is -0.495 e. The van der Waals surface area contributed by atoms with E-state index in [9.17, 15) is 17.6 Å². The van der Waals surface area contributed by atoms with Crippen LogP contribution in [0.1, 0.15) is 15.9 Å². The topological polar surface area (TPSA) is 84.5 Å². The molecule has 0 aliphatic carbocycles. The highest BCUT2D eigenvalue weighted by Crippen LogP contribution is 2.29. The van der Waals surface area contributed by atoms with Crippen molar-refractivity contribution in [3.63, 3.8) is 0 Å². The highest BCUT2D eigenvalue weighted by molar-refractivity contribution is 7.92. The molecule has 0 atom stereocenters. The average molecular weight is 449 g/mol. The van der Waals surface area contributed by atoms with E-state index in [1.54, 1.807) is 19.1 Å². The summed E-state index contributed by atoms with van der Waals surface area (Å²) in [6.45, 7) is 1.69. The van der Waals surface area contributed by atoms with E-state index in [1.165, 1.54) is 43.5 Å². The lowest BCUT2D eigenvalue weighted by atomic mass is 10.1. The van der Waals surface area contributed by atoms with E-state index in [0.717, 1.165) is 12.1 Å². The summed E-state index contributed by atoms with van der Waals surface area (Å²) < 4.78 is 46.0. The number of benzene rings is 3. The largest absolute Gasteiger partial charge is 0.495 e. The summed E-state index contributed by atoms with van der Waals surface area (Å²) in [5.74, 6) is -0.595. The van der Waals surface area contributed by atoms with Gasteiger partial charge in [0.15, 0.2) is 0 Å². The van der Waals surface area contributed by atoms with Crippen LogP contribution in [-0.4, -0.2) is 21.4 Å². The second-order valence-electron chi connectivity index (χ2n) is 6.39. The number of aryl methyl sites for hydroxylation is 1. The van der Waals surface area contributed by atoms with Crippen LogP contribution in [0, 0.1) is 12.7 Å². The van der Waals surface area contributed by atoms with Crippen molar-refractivity contribution in [3.05, 3.63) is 82.6 Å². The van der Waals surface area contributed by atoms with Crippen molar-refractivity contribution >= 4 is 38.9 Å². The Kier molecular flexibility index (Phi) is 6.28. The number of ether oxygens (including phenoxy) is 1. The summed E-state index contributed by atoms with van der Waals surface area (Å²) >= 11 is 5.99. The number of nitrogens with one attached hydrogen (secondary N) is 2. The van der Waals surface area contributed by atoms with Crippen molar-refractivity contribution in [2.45, 2.75) is 11.8 Å². The van der Waals surface area contributed by atoms with Gasteiger partial charge in [0.05, 0.1) is 17.7 Å². The second-order valence-corrected chi connectivity index (χ2v) is 8.51. The molecule has 156 valence electrons. The van der Waals surface area contributed by atoms with Crippen molar-refractivity contribution < 1.29 is 22.3 Å². The molecule has 3 aromatic rings. The van der Waals surface area contributed by atoms with Crippen LogP contribution in [-0.2, 0) is 10.0 Å². The lowest BCUT2D eigenvalue weighted by Crippen LogP contribution is -2.17. The van der Waals surface area contributed by atoms with E-state index in [0.29, 0.717) is 22.0 Å². The summed E-state index contributed by atoms with van der Waals surface area (Å²) in [6.07, 6.45) is 0. The van der Waals surface area contributed by atoms with Gasteiger partial charge in [0.1, 0.15) is 11.6 Å². The Bertz CT molecular complexity index is 1200. The SMILES string of the molecule is COc1ccc(Cl)cc1NC(=O)c1cc(S(=O)(=O)Nc2ccc(F)cc2)ccc1C. The molecule has 3 rings (SSSR count). The van der Waals surface area contributed by atoms with Gasteiger partial charge < -0.3 is 10.1 Å². The van der Waals surface area contributed by atoms with Crippen molar-refractivity contribution in [2.75, 3.05) is 17.1 Å². The number of carbonyl (C=O) groups is 1. The van der Waals surface area contributed by atoms with Gasteiger partial charge in [-0.1, -0.05) is 17.7 Å². The minimum atomic E-state index is -3.99. The molecule has 6 nitrogen and oxygen atoms in total. The molecule has 0 heterocycles. The maximum absolute atomic E-state index is 13.0. The minimum absolute atomic E-state index is 0.111. The monoisotopic (exact) mass is 448 g/mol. The number of rotatable bonds is 6. The predicted octanol–water partition coefficient (Wildman–Crippen LogP) is 4.85. The number of hydrogen-bond acceptors (Lipinski definition) is 4. The van der Waals surface area contributed by atoms with Gasteiger partial charge in [-0.3, -0.25) is 9.52 Å². The van der Waals surface area contributed by atoms with Gasteiger partial charge in [-0.15, -0.1) is 0 Å². The zero-order chi connectivity index (χ0) is 21.9. The lowest BCUT2D eigenvalue weighted by Gasteiger charge is -2.13. The standard InChI is InChI=1S/C21H18ClFN2O4S/c1-13-3-9-17(30(27,28)25-16-7-5-15(23)6-8-16)12-18(13)21(26)24-19-11-14(22)4-10-20(19)29-2/h3-12,25H,1-2H3,(H,24,26). The van der Waals surface area contributed by atoms with E-state index < -0.39 is 21.7 Å². The van der Waals surface area contributed by atoms with E-state index in [1.807, 2.05) is 0 Å². The first-order valence-electron chi connectivity index (χ1n) is 8.73. The van der Waals surface area contributed by atoms with Crippen LogP contribution in [0.5, 0.6) is 5.75 Å². The highest BCUT2D eigenvalue weighted by Gasteiger charge is 2.19. The molecule has 0 saturated heterocycles. The third-order valence-corrected chi connectivity index (χ3v) is 5.88. The first-order valence-corrected chi connectivity index (χ1v) is 10.6. The van der Waals surface area contributed by atoms with Crippen molar-refractivity contribution in [1.29, 1.82) is 0 Å². The molecule has 0 aliphatic rings. The Morgan fingerprint density at radius 2 is 1.73 bits per heavy atom. The van der Waals surface area contributed by atoms with Crippen LogP contribution in [0.15, 0.2) is 65.6 Å². The highest BCUT2D eigenvalue weighted by atomic mass is 35.5. The fraction of sp³-hybridized carbons (Fsp3) is 0.0952. The summed E-state index contributed by atoms with van der Waals surface area (Å²) in [5.41, 5.74) is 1.30. The van der Waals surface area contributed by atoms with Crippen LogP contribution in [0.4, 0.5) is 15.8 Å². The van der Waals surface area contributed by atoms with Gasteiger partial charge in [-0.25, -0.2) is 12.8 Å². The zero-order valence-corrected chi connectivity index (χ0v) is 17.6. The van der Waals surface area contributed by atoms with Gasteiger partial charge in [-0.05, 0) is 67.1 Å². The van der Waals surface area contributed by atoms with Crippen molar-refractivity contribution in [2.24, 2.45) is 0 Å². The molecule has 0 bridgehead atoms. The van der Waals surface area contributed by atoms with Crippen molar-refractivity contribution in [3.8, 4) is 5.75 Å². The molecule has 0 spiro atoms. The molecule has 0 unspecified atom stereocenters. The van der Waals surface area contributed by atoms with Crippen molar-refractivity contribution in [1.82, 2.24) is 0 Å². The second kappa shape index (κ2) is 8.73. The number of methoxy groups -OCH3 is 1. The Balaban J connectivity index is 1.90. The van der Waals surface area contributed by atoms with E-state index in [2.05, 4.69) is 10.0 Å². The van der Waals surface area contributed by atoms with Gasteiger partial charge in [0, 0.05) is 16.3 Å². The molecule has 0 fully saturated rings. The maximum Gasteiger partial charge on any atom is 0.261 e. The van der Waals surface area contributed by atoms with Crippen LogP contribution in [0.25, 0.3) is 0 Å². The van der Waals surface area contributed by atoms with Gasteiger partial charge in [0.25, 0.3) is 15.9 Å². The molecule has 2 N–H and O–H groups in total. The summed E-state index contributed by atoms with van der Waals surface area (Å²) in [4.78, 5) is 12.7. The lowest BCUT2D eigenvalue weighted by molar-refractivity contribution is 0.102. The van der Waals surface area contributed by atoms with E-state index in [4.69, 9.17) is 16.3 Å². The quantitative estimate of drug-likeness (QED) is 0.564. The number of halogens is 2. The fourth-order valence-electron chi connectivity index (χ4n) is 2.71. The third kappa shape index (κ3) is 4.90. The van der Waals surface area contributed by atoms with Gasteiger partial charge in [0.2, 0.25) is 0 Å². The Hall–Kier alpha value is -3.10. The molecule has 30 heavy (non-hydrogen) atoms. The molecule has 0 aliphatic heterocycles. The van der Waals surface area contributed by atoms with Crippen LogP contribution in [0.3, 0.4) is 0 Å². The van der Waals surface area contributed by atoms with Gasteiger partial charge in [-0.2, -0.15) is 0 Å². The molecule has 0 radical (unpaired) electrons. The van der Waals surface area contributed by atoms with Gasteiger partial charge >= 0.3 is 0 Å². The number of hydrogen-bond donors (Lipinski definition) is 2. The Morgan fingerprint density at radius 1 is 1.03 bits per heavy atom. The Labute approximate surface area is 178 Å². The summed E-state index contributed by atoms with van der Waals surface area (Å²) in [6, 6.07) is 13.8. The summed E-state index contributed by atoms with van der Waals surface area (Å²) in [5, 5.41) is 3.09. The smallest absolute Gasteiger partial charge is 0.261 e. The maximum atomic E-state index is 13.0. The van der Waals surface area contributed by atoms with Crippen LogP contribution < -0.4 is 14.8 Å². The Morgan fingerprint density at radius 3 is 2.40 bits per heavy atom. The first-order chi connectivity index (χ1) is 14.2. The molecular formula is C21H18ClFN2O4S. The van der Waals surface area contributed by atoms with Crippen LogP contribution >= 0.6 is 11.6 Å². The number of sulfonamides is 1. The summed E-state index contributed by atoms with van der Waals surface area (Å²) in [7, 11) is -2.53. The first kappa shape index (κ1) is 21.6. The zero-order valence-electron chi connectivity index (χ0n) is 16.1. The number of carbonyl (C=O) groups excluding carboxylic acids is 1. The molecule has 0 aromatic heterocycles. The van der Waals surface area contributed by atoms with Crippen LogP contribution in [0.2, 0.25) is 5.02 Å². The average Bonchev–Trinajstić information content (AvgIpc) is 2.70.